The van der Waals surface area contributed by atoms with Crippen LogP contribution in [0.2, 0.25) is 0 Å². The lowest BCUT2D eigenvalue weighted by molar-refractivity contribution is -0.120. The van der Waals surface area contributed by atoms with E-state index < -0.39 is 0 Å². The Hall–Kier alpha value is -1.07. The number of ether oxygens (including phenoxy) is 1. The van der Waals surface area contributed by atoms with E-state index >= 15 is 0 Å². The Morgan fingerprint density at radius 3 is 3.06 bits per heavy atom. The van der Waals surface area contributed by atoms with Gasteiger partial charge in [-0.2, -0.15) is 0 Å². The van der Waals surface area contributed by atoms with Gasteiger partial charge in [-0.05, 0) is 47.4 Å². The summed E-state index contributed by atoms with van der Waals surface area (Å²) in [5.74, 6) is 0.850. The molecule has 0 unspecified atom stereocenters. The van der Waals surface area contributed by atoms with E-state index in [0.29, 0.717) is 0 Å². The first-order chi connectivity index (χ1) is 8.70. The van der Waals surface area contributed by atoms with Crippen LogP contribution in [0, 0.1) is 5.92 Å². The first-order valence-corrected chi connectivity index (χ1v) is 6.85. The van der Waals surface area contributed by atoms with E-state index in [1.54, 1.807) is 7.11 Å². The van der Waals surface area contributed by atoms with Crippen molar-refractivity contribution in [2.75, 3.05) is 25.5 Å². The second-order valence-corrected chi connectivity index (χ2v) is 5.23. The van der Waals surface area contributed by atoms with Crippen molar-refractivity contribution >= 4 is 27.5 Å². The predicted molar refractivity (Wildman–Crippen MR) is 74.9 cm³/mol. The molecule has 98 valence electrons. The number of carbonyl (C=O) groups excluding carboxylic acids is 1. The van der Waals surface area contributed by atoms with Crippen molar-refractivity contribution in [1.82, 2.24) is 5.32 Å². The maximum atomic E-state index is 12.1. The van der Waals surface area contributed by atoms with Gasteiger partial charge in [0.25, 0.3) is 0 Å². The Bertz CT molecular complexity index is 431. The van der Waals surface area contributed by atoms with Crippen LogP contribution in [-0.2, 0) is 4.79 Å². The normalized spacial score (nSPS) is 19.3. The van der Waals surface area contributed by atoms with Gasteiger partial charge in [-0.1, -0.05) is 0 Å². The maximum absolute atomic E-state index is 12.1. The third kappa shape index (κ3) is 3.23. The Labute approximate surface area is 115 Å². The van der Waals surface area contributed by atoms with Gasteiger partial charge >= 0.3 is 0 Å². The van der Waals surface area contributed by atoms with Gasteiger partial charge in [0.1, 0.15) is 5.75 Å². The van der Waals surface area contributed by atoms with Crippen LogP contribution in [-0.4, -0.2) is 26.1 Å². The SMILES string of the molecule is COc1ccc(Br)c(NC(=O)[C@H]2CCCNC2)c1. The van der Waals surface area contributed by atoms with E-state index in [-0.39, 0.29) is 11.8 Å². The third-order valence-electron chi connectivity index (χ3n) is 3.10. The van der Waals surface area contributed by atoms with Crippen LogP contribution in [0.15, 0.2) is 22.7 Å². The van der Waals surface area contributed by atoms with Crippen molar-refractivity contribution in [2.45, 2.75) is 12.8 Å². The molecule has 1 aromatic rings. The largest absolute Gasteiger partial charge is 0.497 e. The van der Waals surface area contributed by atoms with E-state index in [1.807, 2.05) is 18.2 Å². The molecule has 1 atom stereocenters. The van der Waals surface area contributed by atoms with Crippen molar-refractivity contribution in [2.24, 2.45) is 5.92 Å². The van der Waals surface area contributed by atoms with Crippen LogP contribution in [0.4, 0.5) is 5.69 Å². The molecule has 2 rings (SSSR count). The highest BCUT2D eigenvalue weighted by atomic mass is 79.9. The summed E-state index contributed by atoms with van der Waals surface area (Å²) in [5.41, 5.74) is 0.755. The fourth-order valence-corrected chi connectivity index (χ4v) is 2.38. The molecule has 18 heavy (non-hydrogen) atoms. The van der Waals surface area contributed by atoms with Crippen LogP contribution in [0.25, 0.3) is 0 Å². The van der Waals surface area contributed by atoms with Gasteiger partial charge in [0.15, 0.2) is 0 Å². The van der Waals surface area contributed by atoms with Gasteiger partial charge in [-0.25, -0.2) is 0 Å². The summed E-state index contributed by atoms with van der Waals surface area (Å²) < 4.78 is 6.01. The zero-order valence-electron chi connectivity index (χ0n) is 10.3. The van der Waals surface area contributed by atoms with Gasteiger partial charge in [0, 0.05) is 17.1 Å². The summed E-state index contributed by atoms with van der Waals surface area (Å²) in [4.78, 5) is 12.1. The van der Waals surface area contributed by atoms with Crippen molar-refractivity contribution in [3.8, 4) is 5.75 Å². The Kier molecular flexibility index (Phi) is 4.60. The second-order valence-electron chi connectivity index (χ2n) is 4.38. The molecule has 1 fully saturated rings. The number of piperidine rings is 1. The van der Waals surface area contributed by atoms with Crippen LogP contribution in [0.1, 0.15) is 12.8 Å². The molecular formula is C13H17BrN2O2. The quantitative estimate of drug-likeness (QED) is 0.901. The van der Waals surface area contributed by atoms with Crippen LogP contribution in [0.5, 0.6) is 5.75 Å². The molecule has 5 heteroatoms. The average molecular weight is 313 g/mol. The number of rotatable bonds is 3. The molecular weight excluding hydrogens is 296 g/mol. The first kappa shape index (κ1) is 13.4. The molecule has 1 saturated heterocycles. The third-order valence-corrected chi connectivity index (χ3v) is 3.79. The summed E-state index contributed by atoms with van der Waals surface area (Å²) >= 11 is 3.43. The molecule has 0 aromatic heterocycles. The number of hydrogen-bond acceptors (Lipinski definition) is 3. The predicted octanol–water partition coefficient (Wildman–Crippen LogP) is 2.40. The zero-order valence-corrected chi connectivity index (χ0v) is 11.9. The van der Waals surface area contributed by atoms with E-state index in [1.165, 1.54) is 0 Å². The number of nitrogens with one attached hydrogen (secondary N) is 2. The second kappa shape index (κ2) is 6.20. The van der Waals surface area contributed by atoms with Gasteiger partial charge in [-0.15, -0.1) is 0 Å². The summed E-state index contributed by atoms with van der Waals surface area (Å²) in [6.07, 6.45) is 2.00. The standard InChI is InChI=1S/C13H17BrN2O2/c1-18-10-4-5-11(14)12(7-10)16-13(17)9-3-2-6-15-8-9/h4-5,7,9,15H,2-3,6,8H2,1H3,(H,16,17)/t9-/m0/s1. The number of anilines is 1. The summed E-state index contributed by atoms with van der Waals surface area (Å²) in [5, 5.41) is 6.19. The summed E-state index contributed by atoms with van der Waals surface area (Å²) in [6, 6.07) is 5.54. The highest BCUT2D eigenvalue weighted by Gasteiger charge is 2.21. The monoisotopic (exact) mass is 312 g/mol. The topological polar surface area (TPSA) is 50.4 Å². The minimum Gasteiger partial charge on any atom is -0.497 e. The molecule has 1 amide bonds. The summed E-state index contributed by atoms with van der Waals surface area (Å²) in [7, 11) is 1.61. The van der Waals surface area contributed by atoms with Crippen molar-refractivity contribution in [3.63, 3.8) is 0 Å². The number of hydrogen-bond donors (Lipinski definition) is 2. The molecule has 0 aliphatic carbocycles. The first-order valence-electron chi connectivity index (χ1n) is 6.06. The van der Waals surface area contributed by atoms with Crippen molar-refractivity contribution < 1.29 is 9.53 Å². The molecule has 0 radical (unpaired) electrons. The Balaban J connectivity index is 2.05. The molecule has 1 aromatic carbocycles. The van der Waals surface area contributed by atoms with Gasteiger partial charge in [0.2, 0.25) is 5.91 Å². The van der Waals surface area contributed by atoms with E-state index in [4.69, 9.17) is 4.74 Å². The lowest BCUT2D eigenvalue weighted by atomic mass is 9.99. The van der Waals surface area contributed by atoms with Gasteiger partial charge in [-0.3, -0.25) is 4.79 Å². The maximum Gasteiger partial charge on any atom is 0.228 e. The minimum atomic E-state index is 0.0526. The van der Waals surface area contributed by atoms with Crippen LogP contribution >= 0.6 is 15.9 Å². The van der Waals surface area contributed by atoms with Crippen LogP contribution < -0.4 is 15.4 Å². The Morgan fingerprint density at radius 1 is 1.56 bits per heavy atom. The highest BCUT2D eigenvalue weighted by molar-refractivity contribution is 9.10. The highest BCUT2D eigenvalue weighted by Crippen LogP contribution is 2.27. The number of amides is 1. The summed E-state index contributed by atoms with van der Waals surface area (Å²) in [6.45, 7) is 1.76. The molecule has 0 bridgehead atoms. The molecule has 1 aliphatic heterocycles. The molecule has 1 heterocycles. The fraction of sp³-hybridized carbons (Fsp3) is 0.462. The zero-order chi connectivity index (χ0) is 13.0. The fourth-order valence-electron chi connectivity index (χ4n) is 2.04. The van der Waals surface area contributed by atoms with E-state index in [2.05, 4.69) is 26.6 Å². The van der Waals surface area contributed by atoms with Crippen molar-refractivity contribution in [1.29, 1.82) is 0 Å². The molecule has 4 nitrogen and oxygen atoms in total. The smallest absolute Gasteiger partial charge is 0.228 e. The number of methoxy groups -OCH3 is 1. The number of benzene rings is 1. The van der Waals surface area contributed by atoms with Gasteiger partial charge in [0.05, 0.1) is 18.7 Å². The average Bonchev–Trinajstić information content (AvgIpc) is 2.42. The molecule has 1 aliphatic rings. The minimum absolute atomic E-state index is 0.0526. The van der Waals surface area contributed by atoms with E-state index in [0.717, 1.165) is 41.8 Å². The Morgan fingerprint density at radius 2 is 2.39 bits per heavy atom. The van der Waals surface area contributed by atoms with E-state index in [9.17, 15) is 4.79 Å². The number of halogens is 1. The van der Waals surface area contributed by atoms with Crippen LogP contribution in [0.3, 0.4) is 0 Å². The molecule has 0 spiro atoms. The lowest BCUT2D eigenvalue weighted by Crippen LogP contribution is -2.37. The molecule has 2 N–H and O–H groups in total. The van der Waals surface area contributed by atoms with Crippen molar-refractivity contribution in [3.05, 3.63) is 22.7 Å². The lowest BCUT2D eigenvalue weighted by Gasteiger charge is -2.22. The molecule has 0 saturated carbocycles. The number of carbonyl (C=O) groups is 1. The van der Waals surface area contributed by atoms with Gasteiger partial charge < -0.3 is 15.4 Å².